The number of aromatic carboxylic acids is 1. The molecular weight excluding hydrogens is 470 g/mol. The number of Topliss-reactive ketones (excluding diaryl/α,β-unsaturated/α-hetero) is 2. The van der Waals surface area contributed by atoms with Gasteiger partial charge in [-0.2, -0.15) is 0 Å². The first-order valence-electron chi connectivity index (χ1n) is 11.5. The van der Waals surface area contributed by atoms with E-state index in [-0.39, 0.29) is 12.2 Å². The lowest BCUT2D eigenvalue weighted by atomic mass is 9.90. The lowest BCUT2D eigenvalue weighted by molar-refractivity contribution is -0.111. The second kappa shape index (κ2) is 9.49. The molecule has 3 aliphatic rings. The number of hydrogen-bond acceptors (Lipinski definition) is 8. The van der Waals surface area contributed by atoms with Crippen LogP contribution in [0.15, 0.2) is 53.4 Å². The van der Waals surface area contributed by atoms with Gasteiger partial charge in [-0.3, -0.25) is 9.59 Å². The zero-order valence-corrected chi connectivity index (χ0v) is 19.8. The first kappa shape index (κ1) is 23.6. The van der Waals surface area contributed by atoms with Crippen LogP contribution in [-0.4, -0.2) is 76.3 Å². The number of thioether (sulfide) groups is 1. The van der Waals surface area contributed by atoms with Crippen molar-refractivity contribution in [2.45, 2.75) is 24.5 Å². The third-order valence-electron chi connectivity index (χ3n) is 6.61. The molecule has 2 aliphatic heterocycles. The quantitative estimate of drug-likeness (QED) is 0.584. The van der Waals surface area contributed by atoms with E-state index in [0.29, 0.717) is 39.8 Å². The summed E-state index contributed by atoms with van der Waals surface area (Å²) in [7, 11) is 0. The minimum absolute atomic E-state index is 0.101. The Balaban J connectivity index is 1.16. The molecule has 2 aromatic rings. The second-order valence-electron chi connectivity index (χ2n) is 9.03. The number of hydrogen-bond donors (Lipinski definition) is 2. The van der Waals surface area contributed by atoms with E-state index >= 15 is 0 Å². The number of carbonyl (C=O) groups is 3. The largest absolute Gasteiger partial charge is 0.491 e. The Kier molecular flexibility index (Phi) is 6.39. The Morgan fingerprint density at radius 1 is 1.06 bits per heavy atom. The maximum atomic E-state index is 12.6. The highest BCUT2D eigenvalue weighted by molar-refractivity contribution is 8.04. The summed E-state index contributed by atoms with van der Waals surface area (Å²) in [4.78, 5) is 38.6. The van der Waals surface area contributed by atoms with Gasteiger partial charge in [-0.1, -0.05) is 24.3 Å². The Bertz CT molecular complexity index is 1200. The Morgan fingerprint density at radius 2 is 1.74 bits per heavy atom. The molecule has 1 atom stereocenters. The SMILES string of the molecule is O=C1C(=O)c2ccccc2C2=C1SCC1(CCN(C[C@H](O)COc3ccc(C(=O)O)cc3)CC1)O2. The first-order chi connectivity index (χ1) is 16.8. The summed E-state index contributed by atoms with van der Waals surface area (Å²) in [5, 5.41) is 19.4. The highest BCUT2D eigenvalue weighted by Crippen LogP contribution is 2.47. The zero-order valence-electron chi connectivity index (χ0n) is 18.9. The number of carbonyl (C=O) groups excluding carboxylic acids is 2. The van der Waals surface area contributed by atoms with Gasteiger partial charge < -0.3 is 24.6 Å². The van der Waals surface area contributed by atoms with Gasteiger partial charge in [0.15, 0.2) is 0 Å². The summed E-state index contributed by atoms with van der Waals surface area (Å²) in [6, 6.07) is 13.2. The first-order valence-corrected chi connectivity index (χ1v) is 12.4. The van der Waals surface area contributed by atoms with Crippen LogP contribution >= 0.6 is 11.8 Å². The lowest BCUT2D eigenvalue weighted by Gasteiger charge is -2.45. The van der Waals surface area contributed by atoms with E-state index in [1.165, 1.54) is 23.9 Å². The van der Waals surface area contributed by atoms with Crippen molar-refractivity contribution in [3.63, 3.8) is 0 Å². The number of rotatable bonds is 6. The smallest absolute Gasteiger partial charge is 0.335 e. The Labute approximate surface area is 206 Å². The number of aliphatic hydroxyl groups is 1. The van der Waals surface area contributed by atoms with E-state index in [9.17, 15) is 19.5 Å². The van der Waals surface area contributed by atoms with Crippen LogP contribution < -0.4 is 4.74 Å². The molecule has 8 nitrogen and oxygen atoms in total. The summed E-state index contributed by atoms with van der Waals surface area (Å²) in [6.45, 7) is 1.99. The third-order valence-corrected chi connectivity index (χ3v) is 7.94. The minimum atomic E-state index is -1.000. The number of fused-ring (bicyclic) bond motifs is 2. The van der Waals surface area contributed by atoms with Crippen LogP contribution in [0.4, 0.5) is 0 Å². The van der Waals surface area contributed by atoms with Crippen LogP contribution in [0.1, 0.15) is 39.1 Å². The summed E-state index contributed by atoms with van der Waals surface area (Å²) in [6.07, 6.45) is 0.782. The van der Waals surface area contributed by atoms with E-state index in [1.807, 2.05) is 12.1 Å². The number of nitrogens with zero attached hydrogens (tertiary/aromatic N) is 1. The topological polar surface area (TPSA) is 113 Å². The number of carboxylic acid groups (broad SMARTS) is 1. The van der Waals surface area contributed by atoms with Gasteiger partial charge in [-0.05, 0) is 24.3 Å². The Hall–Kier alpha value is -3.14. The number of ketones is 2. The van der Waals surface area contributed by atoms with Crippen LogP contribution in [-0.2, 0) is 9.53 Å². The van der Waals surface area contributed by atoms with Gasteiger partial charge in [0, 0.05) is 49.4 Å². The van der Waals surface area contributed by atoms with E-state index < -0.39 is 29.2 Å². The fourth-order valence-electron chi connectivity index (χ4n) is 4.64. The zero-order chi connectivity index (χ0) is 24.6. The Morgan fingerprint density at radius 3 is 2.43 bits per heavy atom. The molecule has 2 heterocycles. The van der Waals surface area contributed by atoms with E-state index in [1.54, 1.807) is 24.3 Å². The van der Waals surface area contributed by atoms with Crippen LogP contribution in [0.25, 0.3) is 5.76 Å². The number of piperidine rings is 1. The third kappa shape index (κ3) is 4.71. The highest BCUT2D eigenvalue weighted by Gasteiger charge is 2.46. The minimum Gasteiger partial charge on any atom is -0.491 e. The molecule has 1 spiro atoms. The highest BCUT2D eigenvalue weighted by atomic mass is 32.2. The molecule has 2 aromatic carbocycles. The molecule has 0 bridgehead atoms. The predicted molar refractivity (Wildman–Crippen MR) is 130 cm³/mol. The van der Waals surface area contributed by atoms with E-state index in [2.05, 4.69) is 4.90 Å². The molecule has 1 saturated heterocycles. The van der Waals surface area contributed by atoms with Crippen molar-refractivity contribution in [3.8, 4) is 5.75 Å². The molecule has 0 aromatic heterocycles. The number of carboxylic acids is 1. The van der Waals surface area contributed by atoms with Crippen molar-refractivity contribution in [1.29, 1.82) is 0 Å². The predicted octanol–water partition coefficient (Wildman–Crippen LogP) is 2.86. The van der Waals surface area contributed by atoms with Crippen molar-refractivity contribution >= 4 is 35.1 Å². The van der Waals surface area contributed by atoms with Crippen molar-refractivity contribution in [3.05, 3.63) is 70.1 Å². The van der Waals surface area contributed by atoms with Crippen LogP contribution in [0.2, 0.25) is 0 Å². The maximum absolute atomic E-state index is 12.6. The van der Waals surface area contributed by atoms with E-state index in [4.69, 9.17) is 14.6 Å². The molecule has 0 amide bonds. The average Bonchev–Trinajstić information content (AvgIpc) is 2.88. The van der Waals surface area contributed by atoms with Crippen molar-refractivity contribution in [2.75, 3.05) is 32.0 Å². The van der Waals surface area contributed by atoms with Crippen molar-refractivity contribution < 1.29 is 34.1 Å². The van der Waals surface area contributed by atoms with Crippen molar-refractivity contribution in [1.82, 2.24) is 4.90 Å². The van der Waals surface area contributed by atoms with Crippen molar-refractivity contribution in [2.24, 2.45) is 0 Å². The number of ether oxygens (including phenoxy) is 2. The molecule has 1 fully saturated rings. The van der Waals surface area contributed by atoms with Crippen LogP contribution in [0, 0.1) is 0 Å². The summed E-state index contributed by atoms with van der Waals surface area (Å²) < 4.78 is 12.1. The lowest BCUT2D eigenvalue weighted by Crippen LogP contribution is -2.51. The molecule has 1 aliphatic carbocycles. The molecule has 0 radical (unpaired) electrons. The normalized spacial score (nSPS) is 20.1. The summed E-state index contributed by atoms with van der Waals surface area (Å²) in [5.74, 6) is -0.327. The fourth-order valence-corrected chi connectivity index (χ4v) is 5.90. The van der Waals surface area contributed by atoms with Crippen LogP contribution in [0.5, 0.6) is 5.75 Å². The van der Waals surface area contributed by atoms with E-state index in [0.717, 1.165) is 25.9 Å². The van der Waals surface area contributed by atoms with Gasteiger partial charge in [0.2, 0.25) is 11.6 Å². The summed E-state index contributed by atoms with van der Waals surface area (Å²) >= 11 is 1.41. The van der Waals surface area contributed by atoms with Gasteiger partial charge in [0.1, 0.15) is 34.7 Å². The molecule has 0 unspecified atom stereocenters. The van der Waals surface area contributed by atoms with Gasteiger partial charge in [-0.15, -0.1) is 11.8 Å². The van der Waals surface area contributed by atoms with Gasteiger partial charge in [-0.25, -0.2) is 4.79 Å². The molecular formula is C26H25NO7S. The second-order valence-corrected chi connectivity index (χ2v) is 10.0. The van der Waals surface area contributed by atoms with Gasteiger partial charge in [0.25, 0.3) is 0 Å². The number of aliphatic hydroxyl groups excluding tert-OH is 1. The van der Waals surface area contributed by atoms with Gasteiger partial charge >= 0.3 is 5.97 Å². The average molecular weight is 496 g/mol. The molecule has 5 rings (SSSR count). The molecule has 182 valence electrons. The molecule has 0 saturated carbocycles. The number of benzene rings is 2. The molecule has 9 heteroatoms. The van der Waals surface area contributed by atoms with Crippen LogP contribution in [0.3, 0.4) is 0 Å². The summed E-state index contributed by atoms with van der Waals surface area (Å²) in [5.41, 5.74) is 0.845. The van der Waals surface area contributed by atoms with Gasteiger partial charge in [0.05, 0.1) is 5.56 Å². The fraction of sp³-hybridized carbons (Fsp3) is 0.346. The standard InChI is InChI=1S/C26H25NO7S/c28-17(14-33-18-7-5-16(6-8-18)25(31)32)13-27-11-9-26(10-12-27)15-35-24-22(30)21(29)19-3-1-2-4-20(19)23(24)34-26/h1-8,17,28H,9-15H2,(H,31,32)/t17-/m0/s1. The molecule has 35 heavy (non-hydrogen) atoms. The maximum Gasteiger partial charge on any atom is 0.335 e. The molecule has 2 N–H and O–H groups in total. The number of likely N-dealkylation sites (tertiary alicyclic amines) is 1. The monoisotopic (exact) mass is 495 g/mol. The number of allylic oxidation sites excluding steroid dienone is 1. The number of β-amino-alcohol motifs (C(OH)–C–C–N with tert-alkyl or cyclic N) is 1.